The molecule has 0 aliphatic carbocycles. The molecule has 106 valence electrons. The minimum atomic E-state index is 0.0687. The zero-order valence-corrected chi connectivity index (χ0v) is 12.4. The zero-order valence-electron chi connectivity index (χ0n) is 12.4. The highest BCUT2D eigenvalue weighted by molar-refractivity contribution is 5.28. The van der Waals surface area contributed by atoms with E-state index in [1.165, 1.54) is 31.5 Å². The number of methoxy groups -OCH3 is 1. The number of hydrogen-bond donors (Lipinski definition) is 1. The van der Waals surface area contributed by atoms with Gasteiger partial charge in [-0.05, 0) is 58.5 Å². The summed E-state index contributed by atoms with van der Waals surface area (Å²) < 4.78 is 5.28. The minimum Gasteiger partial charge on any atom is -0.495 e. The third-order valence-corrected chi connectivity index (χ3v) is 4.22. The van der Waals surface area contributed by atoms with Crippen LogP contribution < -0.4 is 10.1 Å². The zero-order chi connectivity index (χ0) is 13.9. The van der Waals surface area contributed by atoms with Crippen molar-refractivity contribution < 1.29 is 4.74 Å². The van der Waals surface area contributed by atoms with Crippen LogP contribution in [0.2, 0.25) is 0 Å². The van der Waals surface area contributed by atoms with Gasteiger partial charge in [-0.1, -0.05) is 0 Å². The van der Waals surface area contributed by atoms with Gasteiger partial charge < -0.3 is 10.1 Å². The summed E-state index contributed by atoms with van der Waals surface area (Å²) in [6.45, 7) is 6.98. The fraction of sp³-hybridized carbons (Fsp3) is 0.667. The van der Waals surface area contributed by atoms with E-state index in [0.717, 1.165) is 5.75 Å². The number of nitrogens with zero attached hydrogens (tertiary/aromatic N) is 2. The largest absolute Gasteiger partial charge is 0.495 e. The molecule has 0 amide bonds. The van der Waals surface area contributed by atoms with Crippen LogP contribution in [0.3, 0.4) is 0 Å². The maximum atomic E-state index is 5.28. The second-order valence-electron chi connectivity index (χ2n) is 5.73. The van der Waals surface area contributed by atoms with E-state index in [1.807, 2.05) is 13.2 Å². The first-order valence-electron chi connectivity index (χ1n) is 7.01. The Morgan fingerprint density at radius 1 is 1.32 bits per heavy atom. The second-order valence-corrected chi connectivity index (χ2v) is 5.73. The lowest BCUT2D eigenvalue weighted by molar-refractivity contribution is 0.110. The number of likely N-dealkylation sites (N-methyl/N-ethyl adjacent to an activating group) is 1. The van der Waals surface area contributed by atoms with Crippen LogP contribution in [-0.2, 0) is 0 Å². The van der Waals surface area contributed by atoms with Gasteiger partial charge in [-0.2, -0.15) is 0 Å². The Morgan fingerprint density at radius 2 is 2.00 bits per heavy atom. The van der Waals surface area contributed by atoms with Crippen LogP contribution in [0.5, 0.6) is 5.75 Å². The van der Waals surface area contributed by atoms with Crippen LogP contribution in [0.4, 0.5) is 0 Å². The Labute approximate surface area is 116 Å². The molecule has 0 aromatic carbocycles. The Balaban J connectivity index is 2.26. The van der Waals surface area contributed by atoms with Crippen molar-refractivity contribution in [3.63, 3.8) is 0 Å². The molecule has 1 N–H and O–H groups in total. The predicted octanol–water partition coefficient (Wildman–Crippen LogP) is 2.23. The molecule has 0 radical (unpaired) electrons. The van der Waals surface area contributed by atoms with E-state index in [9.17, 15) is 0 Å². The molecule has 1 aliphatic heterocycles. The van der Waals surface area contributed by atoms with Crippen molar-refractivity contribution in [1.82, 2.24) is 15.2 Å². The van der Waals surface area contributed by atoms with Gasteiger partial charge in [-0.3, -0.25) is 9.88 Å². The van der Waals surface area contributed by atoms with E-state index in [2.05, 4.69) is 35.1 Å². The third-order valence-electron chi connectivity index (χ3n) is 4.22. The summed E-state index contributed by atoms with van der Waals surface area (Å²) in [6, 6.07) is 2.32. The second kappa shape index (κ2) is 5.88. The van der Waals surface area contributed by atoms with Crippen molar-refractivity contribution in [2.24, 2.45) is 0 Å². The topological polar surface area (TPSA) is 37.4 Å². The van der Waals surface area contributed by atoms with Gasteiger partial charge >= 0.3 is 0 Å². The van der Waals surface area contributed by atoms with Crippen molar-refractivity contribution in [3.8, 4) is 5.75 Å². The summed E-state index contributed by atoms with van der Waals surface area (Å²) in [6.07, 6.45) is 6.28. The SMILES string of the molecule is CNC(c1cncc(OC)c1)C(C)(C)N1CCCC1. The van der Waals surface area contributed by atoms with Gasteiger partial charge in [0.1, 0.15) is 5.75 Å². The monoisotopic (exact) mass is 263 g/mol. The molecule has 4 nitrogen and oxygen atoms in total. The summed E-state index contributed by atoms with van der Waals surface area (Å²) >= 11 is 0. The first-order valence-corrected chi connectivity index (χ1v) is 7.01. The smallest absolute Gasteiger partial charge is 0.137 e. The number of ether oxygens (including phenoxy) is 1. The quantitative estimate of drug-likeness (QED) is 0.884. The number of pyridine rings is 1. The molecule has 1 aromatic rings. The van der Waals surface area contributed by atoms with Crippen molar-refractivity contribution in [2.45, 2.75) is 38.3 Å². The van der Waals surface area contributed by atoms with Gasteiger partial charge in [0, 0.05) is 11.7 Å². The summed E-state index contributed by atoms with van der Waals surface area (Å²) in [7, 11) is 3.70. The molecule has 2 rings (SSSR count). The van der Waals surface area contributed by atoms with Crippen molar-refractivity contribution in [1.29, 1.82) is 0 Å². The molecule has 0 saturated carbocycles. The Bertz CT molecular complexity index is 414. The van der Waals surface area contributed by atoms with E-state index < -0.39 is 0 Å². The molecule has 19 heavy (non-hydrogen) atoms. The van der Waals surface area contributed by atoms with Gasteiger partial charge in [0.05, 0.1) is 19.3 Å². The summed E-state index contributed by atoms with van der Waals surface area (Å²) in [5.41, 5.74) is 1.25. The van der Waals surface area contributed by atoms with E-state index >= 15 is 0 Å². The van der Waals surface area contributed by atoms with Gasteiger partial charge in [0.15, 0.2) is 0 Å². The molecule has 1 aliphatic rings. The molecular weight excluding hydrogens is 238 g/mol. The number of rotatable bonds is 5. The van der Waals surface area contributed by atoms with Crippen molar-refractivity contribution >= 4 is 0 Å². The summed E-state index contributed by atoms with van der Waals surface area (Å²) in [4.78, 5) is 6.84. The van der Waals surface area contributed by atoms with Crippen LogP contribution in [0.1, 0.15) is 38.3 Å². The minimum absolute atomic E-state index is 0.0687. The average molecular weight is 263 g/mol. The lowest BCUT2D eigenvalue weighted by Gasteiger charge is -2.42. The van der Waals surface area contributed by atoms with Crippen molar-refractivity contribution in [2.75, 3.05) is 27.2 Å². The molecule has 2 heterocycles. The van der Waals surface area contributed by atoms with Crippen LogP contribution in [-0.4, -0.2) is 42.7 Å². The third kappa shape index (κ3) is 2.90. The predicted molar refractivity (Wildman–Crippen MR) is 77.5 cm³/mol. The highest BCUT2D eigenvalue weighted by Gasteiger charge is 2.37. The van der Waals surface area contributed by atoms with Gasteiger partial charge in [0.2, 0.25) is 0 Å². The van der Waals surface area contributed by atoms with E-state index in [4.69, 9.17) is 4.74 Å². The lowest BCUT2D eigenvalue weighted by Crippen LogP contribution is -2.50. The van der Waals surface area contributed by atoms with E-state index in [1.54, 1.807) is 13.3 Å². The van der Waals surface area contributed by atoms with Crippen molar-refractivity contribution in [3.05, 3.63) is 24.0 Å². The van der Waals surface area contributed by atoms with Crippen LogP contribution >= 0.6 is 0 Å². The Hall–Kier alpha value is -1.13. The standard InChI is InChI=1S/C15H25N3O/c1-15(2,18-7-5-6-8-18)14(16-3)12-9-13(19-4)11-17-10-12/h9-11,14,16H,5-8H2,1-4H3. The first-order chi connectivity index (χ1) is 9.09. The number of aromatic nitrogens is 1. The van der Waals surface area contributed by atoms with Crippen LogP contribution in [0, 0.1) is 0 Å². The normalized spacial score (nSPS) is 18.5. The molecule has 1 saturated heterocycles. The Morgan fingerprint density at radius 3 is 2.58 bits per heavy atom. The number of likely N-dealkylation sites (tertiary alicyclic amines) is 1. The average Bonchev–Trinajstić information content (AvgIpc) is 2.94. The molecule has 1 atom stereocenters. The summed E-state index contributed by atoms with van der Waals surface area (Å²) in [5, 5.41) is 3.45. The van der Waals surface area contributed by atoms with Crippen LogP contribution in [0.25, 0.3) is 0 Å². The maximum Gasteiger partial charge on any atom is 0.137 e. The van der Waals surface area contributed by atoms with Gasteiger partial charge in [-0.15, -0.1) is 0 Å². The highest BCUT2D eigenvalue weighted by atomic mass is 16.5. The van der Waals surface area contributed by atoms with E-state index in [0.29, 0.717) is 0 Å². The molecule has 1 unspecified atom stereocenters. The lowest BCUT2D eigenvalue weighted by atomic mass is 9.88. The van der Waals surface area contributed by atoms with Crippen LogP contribution in [0.15, 0.2) is 18.5 Å². The molecule has 1 fully saturated rings. The summed E-state index contributed by atoms with van der Waals surface area (Å²) in [5.74, 6) is 0.815. The molecule has 0 bridgehead atoms. The molecular formula is C15H25N3O. The van der Waals surface area contributed by atoms with Gasteiger partial charge in [0.25, 0.3) is 0 Å². The fourth-order valence-electron chi connectivity index (χ4n) is 3.11. The first kappa shape index (κ1) is 14.3. The highest BCUT2D eigenvalue weighted by Crippen LogP contribution is 2.33. The molecule has 1 aromatic heterocycles. The molecule has 0 spiro atoms. The maximum absolute atomic E-state index is 5.28. The Kier molecular flexibility index (Phi) is 4.42. The van der Waals surface area contributed by atoms with E-state index in [-0.39, 0.29) is 11.6 Å². The molecule has 4 heteroatoms. The fourth-order valence-corrected chi connectivity index (χ4v) is 3.11. The van der Waals surface area contributed by atoms with Gasteiger partial charge in [-0.25, -0.2) is 0 Å². The number of hydrogen-bond acceptors (Lipinski definition) is 4. The number of nitrogens with one attached hydrogen (secondary N) is 1.